The topological polar surface area (TPSA) is 228 Å². The van der Waals surface area contributed by atoms with Gasteiger partial charge in [0.05, 0.1) is 20.1 Å². The molecule has 1 aliphatic heterocycles. The Kier molecular flexibility index (Phi) is 12.1. The maximum Gasteiger partial charge on any atom is 0.485 e. The third kappa shape index (κ3) is 10.8. The lowest BCUT2D eigenvalue weighted by Crippen LogP contribution is -2.76. The fourth-order valence-electron chi connectivity index (χ4n) is 3.20. The lowest BCUT2D eigenvalue weighted by atomic mass is 10.0. The molecule has 1 fully saturated rings. The number of likely N-dealkylation sites (N-methyl/N-ethyl adjacent to an activating group) is 1. The summed E-state index contributed by atoms with van der Waals surface area (Å²) in [5, 5.41) is 5.37. The van der Waals surface area contributed by atoms with Crippen LogP contribution in [0.2, 0.25) is 0 Å². The number of nitrogens with two attached hydrogens (primary N) is 2. The van der Waals surface area contributed by atoms with Gasteiger partial charge < -0.3 is 24.8 Å². The van der Waals surface area contributed by atoms with Gasteiger partial charge in [-0.3, -0.25) is 35.6 Å². The highest BCUT2D eigenvalue weighted by Crippen LogP contribution is 2.20. The fourth-order valence-corrected chi connectivity index (χ4v) is 3.20. The molecule has 2 atom stereocenters. The molecule has 14 nitrogen and oxygen atoms in total. The van der Waals surface area contributed by atoms with Gasteiger partial charge in [-0.1, -0.05) is 12.1 Å². The van der Waals surface area contributed by atoms with Gasteiger partial charge in [-0.25, -0.2) is 8.42 Å². The number of alkyl halides is 3. The van der Waals surface area contributed by atoms with Crippen LogP contribution in [-0.2, 0) is 35.8 Å². The van der Waals surface area contributed by atoms with Crippen LogP contribution in [0, 0.1) is 0 Å². The first-order chi connectivity index (χ1) is 18.0. The minimum absolute atomic E-state index is 0.125. The molecule has 1 saturated heterocycles. The summed E-state index contributed by atoms with van der Waals surface area (Å²) in [6.45, 7) is 0.804. The highest BCUT2D eigenvalue weighted by Gasteiger charge is 2.39. The van der Waals surface area contributed by atoms with Gasteiger partial charge >= 0.3 is 17.4 Å². The van der Waals surface area contributed by atoms with Crippen molar-refractivity contribution in [2.24, 2.45) is 11.5 Å². The van der Waals surface area contributed by atoms with Crippen LogP contribution in [0.4, 0.5) is 13.2 Å². The third-order valence-electron chi connectivity index (χ3n) is 5.27. The number of amides is 3. The van der Waals surface area contributed by atoms with Gasteiger partial charge in [0, 0.05) is 19.2 Å². The van der Waals surface area contributed by atoms with Crippen molar-refractivity contribution < 1.29 is 55.0 Å². The van der Waals surface area contributed by atoms with Crippen molar-refractivity contribution in [2.45, 2.75) is 43.4 Å². The Hall–Kier alpha value is -3.93. The Labute approximate surface area is 221 Å². The molecule has 0 saturated carbocycles. The maximum atomic E-state index is 12.4. The summed E-state index contributed by atoms with van der Waals surface area (Å²) in [6.07, 6.45) is 0.665. The minimum atomic E-state index is -6.09. The van der Waals surface area contributed by atoms with E-state index < -0.39 is 33.7 Å². The van der Waals surface area contributed by atoms with Gasteiger partial charge in [0.1, 0.15) is 12.1 Å². The van der Waals surface area contributed by atoms with E-state index in [4.69, 9.17) is 24.4 Å². The molecule has 18 heteroatoms. The molecule has 0 spiro atoms. The van der Waals surface area contributed by atoms with Crippen LogP contribution in [0.1, 0.15) is 35.2 Å². The van der Waals surface area contributed by atoms with Crippen molar-refractivity contribution in [3.05, 3.63) is 35.4 Å². The van der Waals surface area contributed by atoms with Crippen molar-refractivity contribution in [3.63, 3.8) is 0 Å². The van der Waals surface area contributed by atoms with E-state index >= 15 is 0 Å². The Bertz CT molecular complexity index is 1170. The molecule has 3 amide bonds. The predicted molar refractivity (Wildman–Crippen MR) is 127 cm³/mol. The molecule has 1 aromatic rings. The SMILES string of the molecule is COC(=O)C[C@@H]1NC(=O)[C@H](CCCNC(=O)c2ccc(C[NH+]=C(N)N)cc2)N(C)C1=O.O=S(=O)([O-])C(F)(F)F. The number of piperazine rings is 1. The van der Waals surface area contributed by atoms with Crippen molar-refractivity contribution in [1.29, 1.82) is 0 Å². The maximum absolute atomic E-state index is 12.4. The summed E-state index contributed by atoms with van der Waals surface area (Å²) in [7, 11) is -3.34. The van der Waals surface area contributed by atoms with Crippen LogP contribution >= 0.6 is 0 Å². The van der Waals surface area contributed by atoms with Crippen molar-refractivity contribution in [1.82, 2.24) is 15.5 Å². The molecule has 0 aliphatic carbocycles. The van der Waals surface area contributed by atoms with Crippen LogP contribution in [0.15, 0.2) is 24.3 Å². The van der Waals surface area contributed by atoms with Gasteiger partial charge in [-0.2, -0.15) is 13.2 Å². The molecule has 7 N–H and O–H groups in total. The summed E-state index contributed by atoms with van der Waals surface area (Å²) in [5.41, 5.74) is 6.48. The molecule has 1 aliphatic rings. The second-order valence-electron chi connectivity index (χ2n) is 8.11. The number of halogens is 3. The number of nitrogens with one attached hydrogen (secondary N) is 3. The second kappa shape index (κ2) is 14.3. The molecule has 0 bridgehead atoms. The molecule has 2 rings (SSSR count). The number of ether oxygens (including phenoxy) is 1. The van der Waals surface area contributed by atoms with Crippen LogP contribution in [-0.4, -0.2) is 85.8 Å². The number of carbonyl (C=O) groups is 4. The van der Waals surface area contributed by atoms with E-state index in [-0.39, 0.29) is 30.1 Å². The molecule has 1 heterocycles. The average Bonchev–Trinajstić information content (AvgIpc) is 2.84. The number of carbonyl (C=O) groups excluding carboxylic acids is 4. The van der Waals surface area contributed by atoms with Gasteiger partial charge in [-0.15, -0.1) is 0 Å². The van der Waals surface area contributed by atoms with E-state index in [0.717, 1.165) is 5.56 Å². The first-order valence-electron chi connectivity index (χ1n) is 11.1. The summed E-state index contributed by atoms with van der Waals surface area (Å²) < 4.78 is 63.5. The Balaban J connectivity index is 0.000000824. The van der Waals surface area contributed by atoms with Gasteiger partial charge in [0.25, 0.3) is 5.91 Å². The largest absolute Gasteiger partial charge is 0.741 e. The summed E-state index contributed by atoms with van der Waals surface area (Å²) in [5.74, 6) is -1.36. The van der Waals surface area contributed by atoms with Gasteiger partial charge in [-0.05, 0) is 30.5 Å². The summed E-state index contributed by atoms with van der Waals surface area (Å²) in [4.78, 5) is 52.5. The van der Waals surface area contributed by atoms with E-state index in [2.05, 4.69) is 20.4 Å². The van der Waals surface area contributed by atoms with E-state index in [1.54, 1.807) is 24.3 Å². The lowest BCUT2D eigenvalue weighted by molar-refractivity contribution is -0.477. The molecule has 0 radical (unpaired) electrons. The Morgan fingerprint density at radius 1 is 1.21 bits per heavy atom. The second-order valence-corrected chi connectivity index (χ2v) is 9.48. The third-order valence-corrected chi connectivity index (χ3v) is 5.83. The minimum Gasteiger partial charge on any atom is -0.741 e. The van der Waals surface area contributed by atoms with E-state index in [9.17, 15) is 32.3 Å². The highest BCUT2D eigenvalue weighted by molar-refractivity contribution is 7.86. The van der Waals surface area contributed by atoms with Crippen LogP contribution < -0.4 is 27.1 Å². The fraction of sp³-hybridized carbons (Fsp3) is 0.476. The highest BCUT2D eigenvalue weighted by atomic mass is 32.2. The van der Waals surface area contributed by atoms with E-state index in [1.807, 2.05) is 0 Å². The molecule has 39 heavy (non-hydrogen) atoms. The number of esters is 1. The molecular formula is C21H29F3N6O8S. The molecule has 0 aromatic heterocycles. The zero-order valence-electron chi connectivity index (χ0n) is 20.9. The molecule has 1 aromatic carbocycles. The van der Waals surface area contributed by atoms with E-state index in [1.165, 1.54) is 19.1 Å². The normalized spacial score (nSPS) is 17.3. The van der Waals surface area contributed by atoms with Crippen molar-refractivity contribution in [3.8, 4) is 0 Å². The number of methoxy groups -OCH3 is 1. The van der Waals surface area contributed by atoms with Crippen LogP contribution in [0.3, 0.4) is 0 Å². The van der Waals surface area contributed by atoms with Crippen LogP contribution in [0.5, 0.6) is 0 Å². The first-order valence-corrected chi connectivity index (χ1v) is 12.5. The quantitative estimate of drug-likeness (QED) is 0.0495. The number of nitrogens with zero attached hydrogens (tertiary/aromatic N) is 1. The van der Waals surface area contributed by atoms with Crippen molar-refractivity contribution in [2.75, 3.05) is 20.7 Å². The molecular weight excluding hydrogens is 553 g/mol. The van der Waals surface area contributed by atoms with Crippen molar-refractivity contribution >= 4 is 39.8 Å². The number of guanidine groups is 1. The zero-order valence-corrected chi connectivity index (χ0v) is 21.7. The first kappa shape index (κ1) is 33.1. The number of hydrogen-bond acceptors (Lipinski definition) is 8. The van der Waals surface area contributed by atoms with Gasteiger partial charge in [0.2, 0.25) is 11.8 Å². The Morgan fingerprint density at radius 3 is 2.26 bits per heavy atom. The predicted octanol–water partition coefficient (Wildman–Crippen LogP) is -3.01. The van der Waals surface area contributed by atoms with E-state index in [0.29, 0.717) is 31.5 Å². The monoisotopic (exact) mass is 582 g/mol. The lowest BCUT2D eigenvalue weighted by Gasteiger charge is -2.36. The number of rotatable bonds is 9. The molecule has 0 unspecified atom stereocenters. The molecule has 218 valence electrons. The summed E-state index contributed by atoms with van der Waals surface area (Å²) in [6, 6.07) is 5.41. The standard InChI is InChI=1S/C20H28N6O5.CHF3O3S/c1-26-15(18(29)25-14(19(26)30)10-16(27)31-2)4-3-9-23-17(28)13-7-5-12(6-8-13)11-24-20(21)22;2-1(3,4)8(5,6)7/h5-8,14-15H,3-4,9-11H2,1-2H3,(H,23,28)(H,25,29)(H4,21,22,24);(H,5,6,7)/t14-,15-;/m0./s1. The number of hydrogen-bond donors (Lipinski definition) is 5. The smallest absolute Gasteiger partial charge is 0.485 e. The van der Waals surface area contributed by atoms with Crippen LogP contribution in [0.25, 0.3) is 0 Å². The van der Waals surface area contributed by atoms with Gasteiger partial charge in [0.15, 0.2) is 10.1 Å². The number of benzene rings is 1. The zero-order chi connectivity index (χ0) is 30.0. The Morgan fingerprint density at radius 2 is 1.77 bits per heavy atom. The average molecular weight is 583 g/mol. The summed E-state index contributed by atoms with van der Waals surface area (Å²) >= 11 is 0.